The smallest absolute Gasteiger partial charge is 0.338 e. The Labute approximate surface area is 272 Å². The molecule has 3 heterocycles. The van der Waals surface area contributed by atoms with Crippen LogP contribution in [0.1, 0.15) is 49.3 Å². The Bertz CT molecular complexity index is 2050. The van der Waals surface area contributed by atoms with Gasteiger partial charge in [-0.1, -0.05) is 23.5 Å². The van der Waals surface area contributed by atoms with Gasteiger partial charge < -0.3 is 14.2 Å². The number of fused-ring (bicyclic) bond motifs is 1. The van der Waals surface area contributed by atoms with Gasteiger partial charge in [0.1, 0.15) is 0 Å². The molecule has 4 aromatic rings. The number of ether oxygens (including phenoxy) is 3. The molecule has 1 aliphatic heterocycles. The molecule has 0 bridgehead atoms. The van der Waals surface area contributed by atoms with E-state index < -0.39 is 22.5 Å². The number of methoxy groups -OCH3 is 1. The van der Waals surface area contributed by atoms with Crippen molar-refractivity contribution in [3.05, 3.63) is 106 Å². The largest absolute Gasteiger partial charge is 0.493 e. The number of aromatic nitrogens is 3. The summed E-state index contributed by atoms with van der Waals surface area (Å²) in [6.45, 7) is 9.43. The Kier molecular flexibility index (Phi) is 9.68. The minimum absolute atomic E-state index is 0.141. The molecule has 12 nitrogen and oxygen atoms in total. The van der Waals surface area contributed by atoms with E-state index in [-0.39, 0.29) is 22.4 Å². The van der Waals surface area contributed by atoms with E-state index in [0.717, 1.165) is 34.5 Å². The predicted molar refractivity (Wildman–Crippen MR) is 173 cm³/mol. The summed E-state index contributed by atoms with van der Waals surface area (Å²) >= 11 is 2.22. The first kappa shape index (κ1) is 32.6. The van der Waals surface area contributed by atoms with E-state index in [4.69, 9.17) is 14.2 Å². The number of nitrogens with zero attached hydrogens (tertiary/aromatic N) is 5. The summed E-state index contributed by atoms with van der Waals surface area (Å²) in [5.41, 5.74) is 2.63. The number of nitro benzene ring substituents is 1. The van der Waals surface area contributed by atoms with Crippen LogP contribution in [0.4, 0.5) is 5.69 Å². The molecule has 1 atom stereocenters. The third-order valence-corrected chi connectivity index (χ3v) is 8.87. The first-order chi connectivity index (χ1) is 22.0. The standard InChI is InChI=1S/C32H31N5O7S2/c1-7-43-24-16-21(10-11-23(24)42-6)28-27(30(39)44-8-2)19(5)35-32-36(28)29(38)26(46-32)15-20-9-12-25(22(14-20)37(40)41)45-31-33-17(3)13-18(4)34-31/h9-16,28H,7-8H2,1-6H3/b26-15+/t28-/m1/s1. The van der Waals surface area contributed by atoms with E-state index in [0.29, 0.717) is 49.8 Å². The number of thiazole rings is 1. The Morgan fingerprint density at radius 1 is 1.07 bits per heavy atom. The van der Waals surface area contributed by atoms with E-state index in [1.165, 1.54) is 17.7 Å². The van der Waals surface area contributed by atoms with Gasteiger partial charge in [0.05, 0.1) is 52.0 Å². The van der Waals surface area contributed by atoms with E-state index in [1.807, 2.05) is 26.8 Å². The van der Waals surface area contributed by atoms with E-state index in [9.17, 15) is 19.7 Å². The van der Waals surface area contributed by atoms with Crippen LogP contribution in [0.2, 0.25) is 0 Å². The number of hydrogen-bond donors (Lipinski definition) is 0. The summed E-state index contributed by atoms with van der Waals surface area (Å²) in [5.74, 6) is 0.371. The lowest BCUT2D eigenvalue weighted by molar-refractivity contribution is -0.387. The summed E-state index contributed by atoms with van der Waals surface area (Å²) in [6.07, 6.45) is 1.58. The van der Waals surface area contributed by atoms with Crippen molar-refractivity contribution in [2.45, 2.75) is 50.7 Å². The van der Waals surface area contributed by atoms with Crippen LogP contribution in [0.15, 0.2) is 73.6 Å². The molecule has 0 aliphatic carbocycles. The van der Waals surface area contributed by atoms with Crippen LogP contribution in [-0.4, -0.2) is 45.8 Å². The third-order valence-electron chi connectivity index (χ3n) is 6.96. The number of hydrogen-bond acceptors (Lipinski definition) is 12. The Hall–Kier alpha value is -4.82. The average molecular weight is 662 g/mol. The second-order valence-electron chi connectivity index (χ2n) is 10.2. The van der Waals surface area contributed by atoms with Gasteiger partial charge in [0.15, 0.2) is 21.5 Å². The molecule has 0 saturated heterocycles. The van der Waals surface area contributed by atoms with Gasteiger partial charge in [0, 0.05) is 17.5 Å². The second kappa shape index (κ2) is 13.7. The van der Waals surface area contributed by atoms with Crippen molar-refractivity contribution in [1.82, 2.24) is 14.5 Å². The molecule has 0 saturated carbocycles. The fraction of sp³-hybridized carbons (Fsp3) is 0.281. The van der Waals surface area contributed by atoms with Gasteiger partial charge in [0.25, 0.3) is 11.2 Å². The van der Waals surface area contributed by atoms with E-state index in [2.05, 4.69) is 15.0 Å². The number of carbonyl (C=O) groups excluding carboxylic acids is 1. The lowest BCUT2D eigenvalue weighted by Crippen LogP contribution is -2.40. The zero-order valence-corrected chi connectivity index (χ0v) is 27.7. The molecule has 0 amide bonds. The van der Waals surface area contributed by atoms with Gasteiger partial charge in [-0.15, -0.1) is 0 Å². The highest BCUT2D eigenvalue weighted by Crippen LogP contribution is 2.37. The molecular weight excluding hydrogens is 631 g/mol. The summed E-state index contributed by atoms with van der Waals surface area (Å²) in [5, 5.41) is 12.5. The van der Waals surface area contributed by atoms with Crippen LogP contribution in [0.25, 0.3) is 6.08 Å². The quantitative estimate of drug-likeness (QED) is 0.102. The minimum atomic E-state index is -0.867. The number of esters is 1. The SMILES string of the molecule is CCOC(=O)C1=C(C)N=c2s/c(=C/c3ccc(Sc4nc(C)cc(C)n4)c([N+](=O)[O-])c3)c(=O)n2[C@@H]1c1ccc(OC)c(OCC)c1. The normalized spacial score (nSPS) is 14.5. The molecule has 0 radical (unpaired) electrons. The van der Waals surface area contributed by atoms with Crippen LogP contribution in [0.5, 0.6) is 11.5 Å². The van der Waals surface area contributed by atoms with E-state index >= 15 is 0 Å². The van der Waals surface area contributed by atoms with Gasteiger partial charge in [0.2, 0.25) is 0 Å². The number of aryl methyl sites for hydroxylation is 2. The monoisotopic (exact) mass is 661 g/mol. The third kappa shape index (κ3) is 6.58. The number of rotatable bonds is 10. The number of nitro groups is 1. The minimum Gasteiger partial charge on any atom is -0.493 e. The summed E-state index contributed by atoms with van der Waals surface area (Å²) in [6, 6.07) is 10.9. The van der Waals surface area contributed by atoms with Gasteiger partial charge in [-0.3, -0.25) is 19.5 Å². The van der Waals surface area contributed by atoms with Crippen LogP contribution in [-0.2, 0) is 9.53 Å². The van der Waals surface area contributed by atoms with Gasteiger partial charge in [-0.25, -0.2) is 19.8 Å². The lowest BCUT2D eigenvalue weighted by atomic mass is 9.95. The molecule has 2 aromatic carbocycles. The van der Waals surface area contributed by atoms with Crippen molar-refractivity contribution in [3.8, 4) is 11.5 Å². The zero-order chi connectivity index (χ0) is 33.1. The van der Waals surface area contributed by atoms with Crippen molar-refractivity contribution in [2.24, 2.45) is 4.99 Å². The average Bonchev–Trinajstić information content (AvgIpc) is 3.30. The highest BCUT2D eigenvalue weighted by atomic mass is 32.2. The summed E-state index contributed by atoms with van der Waals surface area (Å²) in [7, 11) is 1.53. The molecule has 0 unspecified atom stereocenters. The fourth-order valence-electron chi connectivity index (χ4n) is 5.08. The Morgan fingerprint density at radius 2 is 1.80 bits per heavy atom. The molecule has 1 aliphatic rings. The van der Waals surface area contributed by atoms with Crippen molar-refractivity contribution < 1.29 is 23.9 Å². The molecule has 5 rings (SSSR count). The Morgan fingerprint density at radius 3 is 2.46 bits per heavy atom. The zero-order valence-electron chi connectivity index (χ0n) is 26.0. The van der Waals surface area contributed by atoms with Crippen molar-refractivity contribution in [1.29, 1.82) is 0 Å². The van der Waals surface area contributed by atoms with Crippen LogP contribution in [0.3, 0.4) is 0 Å². The number of carbonyl (C=O) groups is 1. The molecule has 0 spiro atoms. The van der Waals surface area contributed by atoms with Crippen molar-refractivity contribution in [2.75, 3.05) is 20.3 Å². The molecule has 238 valence electrons. The summed E-state index contributed by atoms with van der Waals surface area (Å²) < 4.78 is 18.3. The fourth-order valence-corrected chi connectivity index (χ4v) is 7.08. The predicted octanol–water partition coefficient (Wildman–Crippen LogP) is 4.67. The topological polar surface area (TPSA) is 148 Å². The Balaban J connectivity index is 1.64. The van der Waals surface area contributed by atoms with Crippen molar-refractivity contribution in [3.63, 3.8) is 0 Å². The molecule has 2 aromatic heterocycles. The lowest BCUT2D eigenvalue weighted by Gasteiger charge is -2.25. The molecule has 0 fully saturated rings. The maximum Gasteiger partial charge on any atom is 0.338 e. The van der Waals surface area contributed by atoms with E-state index in [1.54, 1.807) is 50.3 Å². The first-order valence-corrected chi connectivity index (χ1v) is 16.0. The first-order valence-electron chi connectivity index (χ1n) is 14.3. The summed E-state index contributed by atoms with van der Waals surface area (Å²) in [4.78, 5) is 53.0. The van der Waals surface area contributed by atoms with Gasteiger partial charge in [-0.05, 0) is 87.8 Å². The van der Waals surface area contributed by atoms with Crippen LogP contribution < -0.4 is 24.4 Å². The number of benzene rings is 2. The van der Waals surface area contributed by atoms with Gasteiger partial charge in [-0.2, -0.15) is 0 Å². The van der Waals surface area contributed by atoms with Crippen molar-refractivity contribution >= 4 is 40.8 Å². The van der Waals surface area contributed by atoms with Crippen LogP contribution >= 0.6 is 23.1 Å². The highest BCUT2D eigenvalue weighted by molar-refractivity contribution is 7.99. The maximum absolute atomic E-state index is 14.1. The second-order valence-corrected chi connectivity index (χ2v) is 12.2. The highest BCUT2D eigenvalue weighted by Gasteiger charge is 2.34. The maximum atomic E-state index is 14.1. The van der Waals surface area contributed by atoms with Crippen LogP contribution in [0, 0.1) is 24.0 Å². The molecule has 14 heteroatoms. The molecular formula is C32H31N5O7S2. The number of allylic oxidation sites excluding steroid dienone is 1. The molecule has 46 heavy (non-hydrogen) atoms. The van der Waals surface area contributed by atoms with Gasteiger partial charge >= 0.3 is 5.97 Å². The molecule has 0 N–H and O–H groups in total.